The molecule has 19 heavy (non-hydrogen) atoms. The van der Waals surface area contributed by atoms with Crippen molar-refractivity contribution in [3.63, 3.8) is 0 Å². The zero-order valence-corrected chi connectivity index (χ0v) is 12.3. The van der Waals surface area contributed by atoms with E-state index in [2.05, 4.69) is 15.9 Å². The molecular formula is C11H10BrClN2O4. The molecule has 0 bridgehead atoms. The van der Waals surface area contributed by atoms with E-state index in [1.54, 1.807) is 0 Å². The molecule has 0 radical (unpaired) electrons. The third-order valence-electron chi connectivity index (χ3n) is 2.81. The number of carbonyl (C=O) groups excluding carboxylic acids is 1. The molecule has 1 aromatic carbocycles. The number of amides is 1. The van der Waals surface area contributed by atoms with Gasteiger partial charge in [-0.1, -0.05) is 0 Å². The molecule has 6 nitrogen and oxygen atoms in total. The maximum atomic E-state index is 11.8. The molecule has 0 spiro atoms. The van der Waals surface area contributed by atoms with Gasteiger partial charge in [0.1, 0.15) is 11.4 Å². The Bertz CT molecular complexity index is 552. The van der Waals surface area contributed by atoms with Gasteiger partial charge in [0.05, 0.1) is 21.9 Å². The average molecular weight is 350 g/mol. The summed E-state index contributed by atoms with van der Waals surface area (Å²) in [6.45, 7) is 0.256. The second kappa shape index (κ2) is 5.34. The van der Waals surface area contributed by atoms with Gasteiger partial charge in [0, 0.05) is 25.1 Å². The predicted octanol–water partition coefficient (Wildman–Crippen LogP) is 2.71. The molecule has 0 aromatic heterocycles. The summed E-state index contributed by atoms with van der Waals surface area (Å²) < 4.78 is 5.56. The minimum Gasteiger partial charge on any atom is -0.495 e. The zero-order valence-electron chi connectivity index (χ0n) is 9.93. The van der Waals surface area contributed by atoms with Gasteiger partial charge in [-0.15, -0.1) is 11.6 Å². The Kier molecular flexibility index (Phi) is 3.96. The Labute approximate surface area is 122 Å². The van der Waals surface area contributed by atoms with Gasteiger partial charge in [-0.3, -0.25) is 14.9 Å². The number of nitro benzene ring substituents is 1. The Balaban J connectivity index is 2.54. The summed E-state index contributed by atoms with van der Waals surface area (Å²) in [6.07, 6.45) is 0.178. The van der Waals surface area contributed by atoms with Crippen molar-refractivity contribution < 1.29 is 14.5 Å². The van der Waals surface area contributed by atoms with Crippen molar-refractivity contribution in [2.24, 2.45) is 0 Å². The number of nitro groups is 1. The Morgan fingerprint density at radius 1 is 1.58 bits per heavy atom. The number of methoxy groups -OCH3 is 1. The van der Waals surface area contributed by atoms with E-state index in [-0.39, 0.29) is 35.6 Å². The van der Waals surface area contributed by atoms with Gasteiger partial charge in [-0.2, -0.15) is 0 Å². The molecule has 1 aliphatic rings. The number of anilines is 1. The first-order valence-corrected chi connectivity index (χ1v) is 6.63. The number of hydrogen-bond donors (Lipinski definition) is 0. The summed E-state index contributed by atoms with van der Waals surface area (Å²) in [5.74, 6) is 0.193. The average Bonchev–Trinajstić information content (AvgIpc) is 2.68. The van der Waals surface area contributed by atoms with Crippen molar-refractivity contribution in [2.75, 3.05) is 18.6 Å². The van der Waals surface area contributed by atoms with E-state index >= 15 is 0 Å². The van der Waals surface area contributed by atoms with Crippen LogP contribution in [0.4, 0.5) is 11.4 Å². The quantitative estimate of drug-likeness (QED) is 0.478. The molecule has 0 aliphatic carbocycles. The molecule has 0 saturated carbocycles. The van der Waals surface area contributed by atoms with Crippen molar-refractivity contribution >= 4 is 44.8 Å². The summed E-state index contributed by atoms with van der Waals surface area (Å²) in [6, 6.07) is 2.79. The van der Waals surface area contributed by atoms with Crippen LogP contribution in [-0.4, -0.2) is 29.9 Å². The van der Waals surface area contributed by atoms with E-state index in [0.29, 0.717) is 10.2 Å². The van der Waals surface area contributed by atoms with E-state index in [4.69, 9.17) is 16.3 Å². The lowest BCUT2D eigenvalue weighted by atomic mass is 10.2. The van der Waals surface area contributed by atoms with Crippen LogP contribution in [0.3, 0.4) is 0 Å². The van der Waals surface area contributed by atoms with Crippen LogP contribution in [0.25, 0.3) is 0 Å². The van der Waals surface area contributed by atoms with Crippen molar-refractivity contribution in [1.82, 2.24) is 0 Å². The van der Waals surface area contributed by atoms with Crippen LogP contribution in [0.2, 0.25) is 0 Å². The third-order valence-corrected chi connectivity index (χ3v) is 3.73. The lowest BCUT2D eigenvalue weighted by Gasteiger charge is -2.17. The number of carbonyl (C=O) groups is 1. The van der Waals surface area contributed by atoms with Gasteiger partial charge < -0.3 is 9.64 Å². The first kappa shape index (κ1) is 14.1. The van der Waals surface area contributed by atoms with Crippen LogP contribution >= 0.6 is 27.5 Å². The third kappa shape index (κ3) is 2.66. The molecular weight excluding hydrogens is 339 g/mol. The van der Waals surface area contributed by atoms with E-state index in [0.717, 1.165) is 0 Å². The van der Waals surface area contributed by atoms with Gasteiger partial charge >= 0.3 is 0 Å². The molecule has 1 heterocycles. The lowest BCUT2D eigenvalue weighted by molar-refractivity contribution is -0.384. The van der Waals surface area contributed by atoms with Crippen LogP contribution in [0.5, 0.6) is 5.75 Å². The number of benzene rings is 1. The maximum Gasteiger partial charge on any atom is 0.294 e. The topological polar surface area (TPSA) is 72.7 Å². The number of nitrogens with zero attached hydrogens (tertiary/aromatic N) is 2. The van der Waals surface area contributed by atoms with E-state index in [1.807, 2.05) is 0 Å². The normalized spacial score (nSPS) is 18.8. The highest BCUT2D eigenvalue weighted by molar-refractivity contribution is 9.10. The number of rotatable bonds is 3. The molecule has 1 atom stereocenters. The number of halogens is 2. The standard InChI is InChI=1S/C11H10BrClN2O4/c1-19-10-4-8(9(15(17)18)3-7(10)12)14-5-6(13)2-11(14)16/h3-4,6H,2,5H2,1H3. The fourth-order valence-electron chi connectivity index (χ4n) is 1.95. The van der Waals surface area contributed by atoms with Gasteiger partial charge in [0.2, 0.25) is 5.91 Å². The van der Waals surface area contributed by atoms with Gasteiger partial charge in [-0.05, 0) is 15.9 Å². The molecule has 0 N–H and O–H groups in total. The van der Waals surface area contributed by atoms with Crippen LogP contribution < -0.4 is 9.64 Å². The fraction of sp³-hybridized carbons (Fsp3) is 0.364. The first-order chi connectivity index (χ1) is 8.93. The van der Waals surface area contributed by atoms with Crippen LogP contribution in [0.15, 0.2) is 16.6 Å². The van der Waals surface area contributed by atoms with Gasteiger partial charge in [-0.25, -0.2) is 0 Å². The minimum absolute atomic E-state index is 0.160. The predicted molar refractivity (Wildman–Crippen MR) is 74.0 cm³/mol. The Morgan fingerprint density at radius 2 is 2.26 bits per heavy atom. The molecule has 102 valence electrons. The van der Waals surface area contributed by atoms with E-state index in [1.165, 1.54) is 24.1 Å². The molecule has 1 amide bonds. The highest BCUT2D eigenvalue weighted by atomic mass is 79.9. The lowest BCUT2D eigenvalue weighted by Crippen LogP contribution is -2.25. The van der Waals surface area contributed by atoms with E-state index < -0.39 is 4.92 Å². The highest BCUT2D eigenvalue weighted by Crippen LogP contribution is 2.39. The summed E-state index contributed by atoms with van der Waals surface area (Å²) in [5, 5.41) is 10.8. The SMILES string of the molecule is COc1cc(N2CC(Cl)CC2=O)c([N+](=O)[O-])cc1Br. The monoisotopic (exact) mass is 348 g/mol. The summed E-state index contributed by atoms with van der Waals surface area (Å²) in [5.41, 5.74) is 0.0463. The summed E-state index contributed by atoms with van der Waals surface area (Å²) in [7, 11) is 1.45. The highest BCUT2D eigenvalue weighted by Gasteiger charge is 2.34. The van der Waals surface area contributed by atoms with Crippen LogP contribution in [-0.2, 0) is 4.79 Å². The Morgan fingerprint density at radius 3 is 2.74 bits per heavy atom. The smallest absolute Gasteiger partial charge is 0.294 e. The van der Waals surface area contributed by atoms with Crippen molar-refractivity contribution in [3.05, 3.63) is 26.7 Å². The molecule has 1 fully saturated rings. The van der Waals surface area contributed by atoms with Crippen LogP contribution in [0.1, 0.15) is 6.42 Å². The van der Waals surface area contributed by atoms with Crippen molar-refractivity contribution in [1.29, 1.82) is 0 Å². The second-order valence-electron chi connectivity index (χ2n) is 4.04. The summed E-state index contributed by atoms with van der Waals surface area (Å²) >= 11 is 9.10. The van der Waals surface area contributed by atoms with Crippen molar-refractivity contribution in [2.45, 2.75) is 11.8 Å². The molecule has 8 heteroatoms. The van der Waals surface area contributed by atoms with Gasteiger partial charge in [0.15, 0.2) is 0 Å². The van der Waals surface area contributed by atoms with Crippen LogP contribution in [0, 0.1) is 10.1 Å². The van der Waals surface area contributed by atoms with E-state index in [9.17, 15) is 14.9 Å². The molecule has 1 aliphatic heterocycles. The van der Waals surface area contributed by atoms with Gasteiger partial charge in [0.25, 0.3) is 5.69 Å². The second-order valence-corrected chi connectivity index (χ2v) is 5.51. The first-order valence-electron chi connectivity index (χ1n) is 5.40. The molecule has 1 unspecified atom stereocenters. The molecule has 1 aromatic rings. The minimum atomic E-state index is -0.533. The number of ether oxygens (including phenoxy) is 1. The number of hydrogen-bond acceptors (Lipinski definition) is 4. The zero-order chi connectivity index (χ0) is 14.2. The Hall–Kier alpha value is -1.34. The molecule has 2 rings (SSSR count). The largest absolute Gasteiger partial charge is 0.495 e. The van der Waals surface area contributed by atoms with Crippen molar-refractivity contribution in [3.8, 4) is 5.75 Å². The summed E-state index contributed by atoms with van der Waals surface area (Å²) in [4.78, 5) is 23.7. The maximum absolute atomic E-state index is 11.8. The number of alkyl halides is 1. The molecule has 1 saturated heterocycles. The fourth-order valence-corrected chi connectivity index (χ4v) is 2.71.